The van der Waals surface area contributed by atoms with E-state index in [0.717, 1.165) is 18.7 Å². The summed E-state index contributed by atoms with van der Waals surface area (Å²) in [6.45, 7) is 0.816. The monoisotopic (exact) mass is 368 g/mol. The van der Waals surface area contributed by atoms with Crippen LogP contribution in [-0.2, 0) is 0 Å². The average molecular weight is 369 g/mol. The largest absolute Gasteiger partial charge is 0.321 e. The van der Waals surface area contributed by atoms with Gasteiger partial charge in [0, 0.05) is 12.2 Å². The van der Waals surface area contributed by atoms with Gasteiger partial charge in [-0.15, -0.1) is 0 Å². The van der Waals surface area contributed by atoms with Gasteiger partial charge in [0.05, 0.1) is 0 Å². The van der Waals surface area contributed by atoms with Gasteiger partial charge in [0.1, 0.15) is 0 Å². The van der Waals surface area contributed by atoms with Crippen LogP contribution < -0.4 is 10.9 Å². The molecule has 0 aromatic carbocycles. The summed E-state index contributed by atoms with van der Waals surface area (Å²) in [4.78, 5) is 0. The third-order valence-electron chi connectivity index (χ3n) is 3.72. The Morgan fingerprint density at radius 3 is 1.54 bits per heavy atom. The summed E-state index contributed by atoms with van der Waals surface area (Å²) in [5, 5.41) is 0. The number of hydrogen-bond acceptors (Lipinski definition) is 2. The third kappa shape index (κ3) is 10.6. The van der Waals surface area contributed by atoms with Gasteiger partial charge in [-0.2, -0.15) is 0 Å². The fourth-order valence-electron chi connectivity index (χ4n) is 2.31. The maximum Gasteiger partial charge on any atom is 0.0487 e. The van der Waals surface area contributed by atoms with Gasteiger partial charge in [-0.25, -0.2) is 5.43 Å². The molecule has 142 valence electrons. The molecule has 2 rings (SSSR count). The summed E-state index contributed by atoms with van der Waals surface area (Å²) in [6, 6.07) is 0. The first-order valence-electron chi connectivity index (χ1n) is 9.53. The van der Waals surface area contributed by atoms with Crippen LogP contribution in [0.4, 0.5) is 0 Å². The molecule has 2 N–H and O–H groups in total. The smallest absolute Gasteiger partial charge is 0.0487 e. The number of rotatable bonds is 5. The number of allylic oxidation sites excluding steroid dienone is 22. The van der Waals surface area contributed by atoms with E-state index >= 15 is 0 Å². The number of hydrogen-bond donors (Lipinski definition) is 2. The van der Waals surface area contributed by atoms with Crippen LogP contribution in [0.25, 0.3) is 0 Å². The van der Waals surface area contributed by atoms with Gasteiger partial charge in [0.2, 0.25) is 0 Å². The van der Waals surface area contributed by atoms with E-state index < -0.39 is 0 Å². The van der Waals surface area contributed by atoms with E-state index in [-0.39, 0.29) is 0 Å². The molecule has 2 aliphatic rings. The molecule has 0 radical (unpaired) electrons. The standard InChI is InChI=1S/C26H28N2/c1-3-7-11-15-19-25(20-16-12-8-4-1)23-24-27-28-26-21-17-13-9-5-2-6-10-14-18-22-26/h1-22,27-28H,23-24H2/b3-1-,4-1?,5-2-,6-2?,7-3?,8-4-,9-5?,10-6-,11-7-,12-8?,13-9-,14-10?,15-11?,16-12-,17-13?,18-14-,19-15-,20-16?,21-17-,22-18?,25-19?,25-20+,26-21?,26-22+. The summed E-state index contributed by atoms with van der Waals surface area (Å²) in [5.41, 5.74) is 8.84. The molecule has 0 aromatic heterocycles. The molecule has 0 heterocycles. The Morgan fingerprint density at radius 1 is 0.464 bits per heavy atom. The van der Waals surface area contributed by atoms with Crippen molar-refractivity contribution in [3.8, 4) is 0 Å². The van der Waals surface area contributed by atoms with Crippen molar-refractivity contribution in [2.45, 2.75) is 6.42 Å². The summed E-state index contributed by atoms with van der Waals surface area (Å²) in [5.74, 6) is 0. The lowest BCUT2D eigenvalue weighted by atomic mass is 10.1. The number of hydrazine groups is 1. The molecular formula is C26H28N2. The highest BCUT2D eigenvalue weighted by molar-refractivity contribution is 5.30. The predicted molar refractivity (Wildman–Crippen MR) is 123 cm³/mol. The topological polar surface area (TPSA) is 24.1 Å². The Morgan fingerprint density at radius 2 is 0.929 bits per heavy atom. The molecule has 0 spiro atoms. The van der Waals surface area contributed by atoms with E-state index in [2.05, 4.69) is 35.2 Å². The lowest BCUT2D eigenvalue weighted by molar-refractivity contribution is 0.610. The molecule has 0 fully saturated rings. The zero-order valence-corrected chi connectivity index (χ0v) is 16.1. The Kier molecular flexibility index (Phi) is 11.1. The lowest BCUT2D eigenvalue weighted by Crippen LogP contribution is -2.31. The van der Waals surface area contributed by atoms with Crippen LogP contribution in [-0.4, -0.2) is 6.54 Å². The third-order valence-corrected chi connectivity index (χ3v) is 3.72. The molecule has 2 aliphatic carbocycles. The van der Waals surface area contributed by atoms with Crippen LogP contribution in [0.2, 0.25) is 0 Å². The summed E-state index contributed by atoms with van der Waals surface area (Å²) in [7, 11) is 0. The first-order valence-corrected chi connectivity index (χ1v) is 9.53. The number of nitrogens with one attached hydrogen (secondary N) is 2. The minimum Gasteiger partial charge on any atom is -0.321 e. The Balaban J connectivity index is 1.88. The van der Waals surface area contributed by atoms with E-state index in [1.807, 2.05) is 109 Å². The molecular weight excluding hydrogens is 340 g/mol. The van der Waals surface area contributed by atoms with E-state index in [0.29, 0.717) is 0 Å². The van der Waals surface area contributed by atoms with Crippen molar-refractivity contribution in [3.63, 3.8) is 0 Å². The predicted octanol–water partition coefficient (Wildman–Crippen LogP) is 5.87. The quantitative estimate of drug-likeness (QED) is 0.468. The minimum atomic E-state index is 0.816. The van der Waals surface area contributed by atoms with Crippen molar-refractivity contribution in [3.05, 3.63) is 145 Å². The van der Waals surface area contributed by atoms with Crippen LogP contribution in [0.3, 0.4) is 0 Å². The molecule has 0 aromatic rings. The first kappa shape index (κ1) is 20.9. The second-order valence-corrected chi connectivity index (χ2v) is 5.96. The van der Waals surface area contributed by atoms with E-state index in [4.69, 9.17) is 0 Å². The normalized spacial score (nSPS) is 31.9. The van der Waals surface area contributed by atoms with Crippen LogP contribution >= 0.6 is 0 Å². The van der Waals surface area contributed by atoms with Crippen molar-refractivity contribution in [2.24, 2.45) is 0 Å². The molecule has 28 heavy (non-hydrogen) atoms. The highest BCUT2D eigenvalue weighted by Gasteiger charge is 1.93. The highest BCUT2D eigenvalue weighted by Crippen LogP contribution is 2.04. The van der Waals surface area contributed by atoms with E-state index in [9.17, 15) is 0 Å². The Bertz CT molecular complexity index is 746. The SMILES string of the molecule is C1=C\C=C/C=C\C(CCNNC2=C/C=C\C=C/C=C\C=C/C=C\2)=C/C=C\C=C/1. The molecule has 2 heteroatoms. The molecule has 0 aliphatic heterocycles. The maximum absolute atomic E-state index is 3.30. The summed E-state index contributed by atoms with van der Waals surface area (Å²) < 4.78 is 0. The van der Waals surface area contributed by atoms with Gasteiger partial charge in [-0.1, -0.05) is 122 Å². The van der Waals surface area contributed by atoms with Gasteiger partial charge in [-0.05, 0) is 24.1 Å². The molecule has 0 amide bonds. The van der Waals surface area contributed by atoms with Crippen molar-refractivity contribution in [1.82, 2.24) is 10.9 Å². The lowest BCUT2D eigenvalue weighted by Gasteiger charge is -2.09. The van der Waals surface area contributed by atoms with Crippen LogP contribution in [0.1, 0.15) is 6.42 Å². The fraction of sp³-hybridized carbons (Fsp3) is 0.0769. The van der Waals surface area contributed by atoms with Crippen molar-refractivity contribution in [2.75, 3.05) is 6.54 Å². The minimum absolute atomic E-state index is 0.816. The van der Waals surface area contributed by atoms with E-state index in [1.165, 1.54) is 5.57 Å². The molecule has 0 bridgehead atoms. The molecule has 0 unspecified atom stereocenters. The highest BCUT2D eigenvalue weighted by atomic mass is 15.4. The van der Waals surface area contributed by atoms with Crippen molar-refractivity contribution >= 4 is 0 Å². The van der Waals surface area contributed by atoms with Gasteiger partial charge < -0.3 is 5.43 Å². The van der Waals surface area contributed by atoms with Gasteiger partial charge in [-0.3, -0.25) is 0 Å². The zero-order chi connectivity index (χ0) is 19.5. The van der Waals surface area contributed by atoms with Crippen molar-refractivity contribution in [1.29, 1.82) is 0 Å². The van der Waals surface area contributed by atoms with Crippen LogP contribution in [0.15, 0.2) is 145 Å². The van der Waals surface area contributed by atoms with Gasteiger partial charge in [0.15, 0.2) is 0 Å². The average Bonchev–Trinajstić information content (AvgIpc) is 2.68. The van der Waals surface area contributed by atoms with Crippen molar-refractivity contribution < 1.29 is 0 Å². The second-order valence-electron chi connectivity index (χ2n) is 5.96. The zero-order valence-electron chi connectivity index (χ0n) is 16.1. The van der Waals surface area contributed by atoms with Gasteiger partial charge in [0.25, 0.3) is 0 Å². The van der Waals surface area contributed by atoms with Crippen LogP contribution in [0, 0.1) is 0 Å². The molecule has 0 atom stereocenters. The van der Waals surface area contributed by atoms with Gasteiger partial charge >= 0.3 is 0 Å². The van der Waals surface area contributed by atoms with E-state index in [1.54, 1.807) is 0 Å². The maximum atomic E-state index is 3.30. The molecule has 0 saturated carbocycles. The summed E-state index contributed by atoms with van der Waals surface area (Å²) in [6.07, 6.45) is 45.7. The fourth-order valence-corrected chi connectivity index (χ4v) is 2.31. The Hall–Kier alpha value is -3.36. The summed E-state index contributed by atoms with van der Waals surface area (Å²) >= 11 is 0. The molecule has 2 nitrogen and oxygen atoms in total. The first-order chi connectivity index (χ1) is 13.9. The second kappa shape index (κ2) is 14.8. The van der Waals surface area contributed by atoms with Crippen LogP contribution in [0.5, 0.6) is 0 Å². The molecule has 0 saturated heterocycles. The Labute approximate surface area is 169 Å².